The number of rotatable bonds is 6. The van der Waals surface area contributed by atoms with E-state index < -0.39 is 25.0 Å². The molecular formula is C8H13F2NO3. The minimum atomic E-state index is -2.87. The van der Waals surface area contributed by atoms with Gasteiger partial charge >= 0.3 is 0 Å². The molecule has 82 valence electrons. The minimum absolute atomic E-state index is 0.0364. The van der Waals surface area contributed by atoms with E-state index in [9.17, 15) is 18.4 Å². The van der Waals surface area contributed by atoms with Gasteiger partial charge in [0.15, 0.2) is 0 Å². The zero-order valence-electron chi connectivity index (χ0n) is 7.80. The molecule has 0 fully saturated rings. The Balaban J connectivity index is 3.58. The smallest absolute Gasteiger partial charge is 0.265 e. The lowest BCUT2D eigenvalue weighted by atomic mass is 10.2. The summed E-state index contributed by atoms with van der Waals surface area (Å²) in [5.41, 5.74) is 0. The van der Waals surface area contributed by atoms with Gasteiger partial charge in [-0.25, -0.2) is 8.78 Å². The number of alkyl halides is 2. The molecule has 0 saturated heterocycles. The molecule has 0 radical (unpaired) electrons. The molecule has 14 heavy (non-hydrogen) atoms. The molecular weight excluding hydrogens is 196 g/mol. The Morgan fingerprint density at radius 3 is 2.36 bits per heavy atom. The quantitative estimate of drug-likeness (QED) is 0.652. The summed E-state index contributed by atoms with van der Waals surface area (Å²) in [6, 6.07) is 0. The van der Waals surface area contributed by atoms with Gasteiger partial charge in [0.25, 0.3) is 6.43 Å². The first kappa shape index (κ1) is 13.0. The van der Waals surface area contributed by atoms with Gasteiger partial charge in [-0.1, -0.05) is 0 Å². The summed E-state index contributed by atoms with van der Waals surface area (Å²) in [6.45, 7) is 0.843. The first-order chi connectivity index (χ1) is 6.43. The fourth-order valence-corrected chi connectivity index (χ4v) is 0.685. The molecule has 0 aliphatic carbocycles. The fourth-order valence-electron chi connectivity index (χ4n) is 0.685. The third-order valence-corrected chi connectivity index (χ3v) is 1.50. The average molecular weight is 209 g/mol. The SMILES string of the molecule is CC(=O)CCC(=O)NCC(O)C(F)F. The van der Waals surface area contributed by atoms with Gasteiger partial charge in [-0.2, -0.15) is 0 Å². The number of hydrogen-bond acceptors (Lipinski definition) is 3. The highest BCUT2D eigenvalue weighted by molar-refractivity contribution is 5.83. The van der Waals surface area contributed by atoms with Crippen molar-refractivity contribution in [2.75, 3.05) is 6.54 Å². The van der Waals surface area contributed by atoms with Crippen molar-refractivity contribution in [3.05, 3.63) is 0 Å². The number of ketones is 1. The Labute approximate surface area is 80.3 Å². The highest BCUT2D eigenvalue weighted by Gasteiger charge is 2.17. The van der Waals surface area contributed by atoms with Crippen molar-refractivity contribution in [3.63, 3.8) is 0 Å². The molecule has 0 saturated carbocycles. The van der Waals surface area contributed by atoms with Crippen molar-refractivity contribution >= 4 is 11.7 Å². The molecule has 6 heteroatoms. The summed E-state index contributed by atoms with van der Waals surface area (Å²) >= 11 is 0. The Morgan fingerprint density at radius 2 is 1.93 bits per heavy atom. The van der Waals surface area contributed by atoms with Crippen molar-refractivity contribution in [1.29, 1.82) is 0 Å². The van der Waals surface area contributed by atoms with Gasteiger partial charge < -0.3 is 15.2 Å². The zero-order chi connectivity index (χ0) is 11.1. The normalized spacial score (nSPS) is 12.6. The standard InChI is InChI=1S/C8H13F2NO3/c1-5(12)2-3-7(14)11-4-6(13)8(9)10/h6,8,13H,2-4H2,1H3,(H,11,14). The van der Waals surface area contributed by atoms with E-state index in [2.05, 4.69) is 5.32 Å². The van der Waals surface area contributed by atoms with Crippen LogP contribution in [0.3, 0.4) is 0 Å². The predicted molar refractivity (Wildman–Crippen MR) is 44.9 cm³/mol. The van der Waals surface area contributed by atoms with Crippen LogP contribution in [0.1, 0.15) is 19.8 Å². The Hall–Kier alpha value is -1.04. The van der Waals surface area contributed by atoms with Crippen LogP contribution in [0.5, 0.6) is 0 Å². The summed E-state index contributed by atoms with van der Waals surface area (Å²) in [6.07, 6.45) is -4.68. The van der Waals surface area contributed by atoms with Crippen LogP contribution < -0.4 is 5.32 Å². The van der Waals surface area contributed by atoms with E-state index in [-0.39, 0.29) is 18.6 Å². The molecule has 0 aliphatic heterocycles. The molecule has 0 heterocycles. The van der Waals surface area contributed by atoms with Crippen LogP contribution in [0.15, 0.2) is 0 Å². The summed E-state index contributed by atoms with van der Waals surface area (Å²) in [7, 11) is 0. The van der Waals surface area contributed by atoms with Crippen LogP contribution in [0.4, 0.5) is 8.78 Å². The number of carbonyl (C=O) groups excluding carboxylic acids is 2. The number of aliphatic hydroxyl groups excluding tert-OH is 1. The minimum Gasteiger partial charge on any atom is -0.385 e. The molecule has 1 unspecified atom stereocenters. The monoisotopic (exact) mass is 209 g/mol. The van der Waals surface area contributed by atoms with E-state index in [0.29, 0.717) is 0 Å². The largest absolute Gasteiger partial charge is 0.385 e. The van der Waals surface area contributed by atoms with Crippen molar-refractivity contribution in [2.24, 2.45) is 0 Å². The van der Waals surface area contributed by atoms with E-state index >= 15 is 0 Å². The number of aliphatic hydroxyl groups is 1. The number of amides is 1. The second kappa shape index (κ2) is 6.42. The van der Waals surface area contributed by atoms with E-state index in [1.54, 1.807) is 0 Å². The number of nitrogens with one attached hydrogen (secondary N) is 1. The Bertz CT molecular complexity index is 209. The molecule has 0 aliphatic rings. The van der Waals surface area contributed by atoms with Crippen LogP contribution in [0, 0.1) is 0 Å². The van der Waals surface area contributed by atoms with Gasteiger partial charge in [-0.3, -0.25) is 4.79 Å². The van der Waals surface area contributed by atoms with Gasteiger partial charge in [-0.15, -0.1) is 0 Å². The first-order valence-corrected chi connectivity index (χ1v) is 4.16. The molecule has 0 bridgehead atoms. The van der Waals surface area contributed by atoms with E-state index in [4.69, 9.17) is 5.11 Å². The van der Waals surface area contributed by atoms with Gasteiger partial charge in [-0.05, 0) is 6.92 Å². The topological polar surface area (TPSA) is 66.4 Å². The van der Waals surface area contributed by atoms with Crippen LogP contribution in [0.25, 0.3) is 0 Å². The molecule has 4 nitrogen and oxygen atoms in total. The number of carbonyl (C=O) groups is 2. The summed E-state index contributed by atoms with van der Waals surface area (Å²) in [5.74, 6) is -0.658. The molecule has 0 spiro atoms. The van der Waals surface area contributed by atoms with Gasteiger partial charge in [0.2, 0.25) is 5.91 Å². The van der Waals surface area contributed by atoms with Crippen molar-refractivity contribution < 1.29 is 23.5 Å². The van der Waals surface area contributed by atoms with E-state index in [1.165, 1.54) is 6.92 Å². The number of hydrogen-bond donors (Lipinski definition) is 2. The third-order valence-electron chi connectivity index (χ3n) is 1.50. The molecule has 0 aromatic rings. The molecule has 1 amide bonds. The van der Waals surface area contributed by atoms with Crippen molar-refractivity contribution in [1.82, 2.24) is 5.32 Å². The van der Waals surface area contributed by atoms with Crippen LogP contribution >= 0.6 is 0 Å². The lowest BCUT2D eigenvalue weighted by Crippen LogP contribution is -2.35. The molecule has 2 N–H and O–H groups in total. The Morgan fingerprint density at radius 1 is 1.36 bits per heavy atom. The van der Waals surface area contributed by atoms with Crippen molar-refractivity contribution in [2.45, 2.75) is 32.3 Å². The maximum absolute atomic E-state index is 11.7. The first-order valence-electron chi connectivity index (χ1n) is 4.16. The van der Waals surface area contributed by atoms with Crippen LogP contribution in [-0.4, -0.2) is 35.9 Å². The van der Waals surface area contributed by atoms with E-state index in [0.717, 1.165) is 0 Å². The number of Topliss-reactive ketones (excluding diaryl/α,β-unsaturated/α-hetero) is 1. The van der Waals surface area contributed by atoms with Gasteiger partial charge in [0, 0.05) is 19.4 Å². The van der Waals surface area contributed by atoms with Gasteiger partial charge in [0.1, 0.15) is 11.9 Å². The maximum Gasteiger partial charge on any atom is 0.265 e. The number of halogens is 2. The summed E-state index contributed by atoms with van der Waals surface area (Å²) in [5, 5.41) is 10.7. The van der Waals surface area contributed by atoms with Gasteiger partial charge in [0.05, 0.1) is 0 Å². The zero-order valence-corrected chi connectivity index (χ0v) is 7.80. The molecule has 0 aromatic heterocycles. The average Bonchev–Trinajstić information content (AvgIpc) is 2.10. The van der Waals surface area contributed by atoms with Crippen molar-refractivity contribution in [3.8, 4) is 0 Å². The summed E-state index contributed by atoms with van der Waals surface area (Å²) < 4.78 is 23.5. The van der Waals surface area contributed by atoms with Crippen LogP contribution in [-0.2, 0) is 9.59 Å². The highest BCUT2D eigenvalue weighted by atomic mass is 19.3. The lowest BCUT2D eigenvalue weighted by Gasteiger charge is -2.09. The predicted octanol–water partition coefficient (Wildman–Crippen LogP) is 0.0978. The highest BCUT2D eigenvalue weighted by Crippen LogP contribution is 1.99. The second-order valence-corrected chi connectivity index (χ2v) is 2.91. The molecule has 1 atom stereocenters. The lowest BCUT2D eigenvalue weighted by molar-refractivity contribution is -0.125. The van der Waals surface area contributed by atoms with Crippen LogP contribution in [0.2, 0.25) is 0 Å². The summed E-state index contributed by atoms with van der Waals surface area (Å²) in [4.78, 5) is 21.3. The fraction of sp³-hybridized carbons (Fsp3) is 0.750. The second-order valence-electron chi connectivity index (χ2n) is 2.91. The molecule has 0 rings (SSSR count). The Kier molecular flexibility index (Phi) is 5.94. The molecule has 0 aromatic carbocycles. The maximum atomic E-state index is 11.7. The van der Waals surface area contributed by atoms with E-state index in [1.807, 2.05) is 0 Å². The third kappa shape index (κ3) is 6.47.